The first-order valence-corrected chi connectivity index (χ1v) is 7.03. The van der Waals surface area contributed by atoms with Crippen molar-refractivity contribution in [3.05, 3.63) is 63.5 Å². The highest BCUT2D eigenvalue weighted by atomic mass is 19.1. The fourth-order valence-corrected chi connectivity index (χ4v) is 2.76. The van der Waals surface area contributed by atoms with E-state index < -0.39 is 6.04 Å². The Hall–Kier alpha value is -1.87. The van der Waals surface area contributed by atoms with E-state index in [4.69, 9.17) is 10.5 Å². The first-order valence-electron chi connectivity index (χ1n) is 7.03. The molecule has 0 aromatic heterocycles. The van der Waals surface area contributed by atoms with Gasteiger partial charge in [0.2, 0.25) is 0 Å². The number of rotatable bonds is 3. The van der Waals surface area contributed by atoms with Crippen molar-refractivity contribution in [1.82, 2.24) is 0 Å². The first-order chi connectivity index (χ1) is 9.86. The van der Waals surface area contributed by atoms with Gasteiger partial charge in [0.05, 0.1) is 13.2 Å². The van der Waals surface area contributed by atoms with Crippen LogP contribution in [0.2, 0.25) is 0 Å². The molecule has 3 heteroatoms. The Bertz CT molecular complexity index is 653. The Labute approximate surface area is 125 Å². The lowest BCUT2D eigenvalue weighted by Gasteiger charge is -2.22. The van der Waals surface area contributed by atoms with Crippen molar-refractivity contribution in [3.63, 3.8) is 0 Å². The van der Waals surface area contributed by atoms with Gasteiger partial charge in [0, 0.05) is 11.6 Å². The molecule has 1 atom stereocenters. The second-order valence-corrected chi connectivity index (χ2v) is 5.54. The second-order valence-electron chi connectivity index (χ2n) is 5.54. The van der Waals surface area contributed by atoms with Crippen molar-refractivity contribution in [2.24, 2.45) is 5.73 Å². The van der Waals surface area contributed by atoms with E-state index in [1.54, 1.807) is 12.1 Å². The van der Waals surface area contributed by atoms with E-state index in [1.807, 2.05) is 13.8 Å². The van der Waals surface area contributed by atoms with Gasteiger partial charge >= 0.3 is 0 Å². The van der Waals surface area contributed by atoms with Crippen LogP contribution in [0.3, 0.4) is 0 Å². The summed E-state index contributed by atoms with van der Waals surface area (Å²) in [6.45, 7) is 8.20. The molecule has 2 N–H and O–H groups in total. The van der Waals surface area contributed by atoms with Crippen LogP contribution < -0.4 is 10.5 Å². The van der Waals surface area contributed by atoms with Crippen molar-refractivity contribution in [2.45, 2.75) is 33.7 Å². The van der Waals surface area contributed by atoms with E-state index >= 15 is 0 Å². The minimum absolute atomic E-state index is 0.334. The van der Waals surface area contributed by atoms with Crippen molar-refractivity contribution >= 4 is 0 Å². The molecule has 0 bridgehead atoms. The van der Waals surface area contributed by atoms with E-state index in [0.29, 0.717) is 11.3 Å². The molecule has 112 valence electrons. The van der Waals surface area contributed by atoms with Crippen molar-refractivity contribution < 1.29 is 9.13 Å². The van der Waals surface area contributed by atoms with Crippen LogP contribution in [0.1, 0.15) is 39.4 Å². The van der Waals surface area contributed by atoms with Crippen LogP contribution in [0.15, 0.2) is 24.3 Å². The highest BCUT2D eigenvalue weighted by Gasteiger charge is 2.20. The van der Waals surface area contributed by atoms with Crippen LogP contribution in [0, 0.1) is 33.5 Å². The lowest BCUT2D eigenvalue weighted by atomic mass is 9.87. The first kappa shape index (κ1) is 15.5. The van der Waals surface area contributed by atoms with Gasteiger partial charge in [-0.3, -0.25) is 0 Å². The number of methoxy groups -OCH3 is 1. The average Bonchev–Trinajstić information content (AvgIpc) is 2.45. The average molecular weight is 287 g/mol. The summed E-state index contributed by atoms with van der Waals surface area (Å²) in [7, 11) is 1.52. The molecule has 2 aromatic carbocycles. The van der Waals surface area contributed by atoms with Gasteiger partial charge in [-0.1, -0.05) is 12.1 Å². The molecule has 0 spiro atoms. The summed E-state index contributed by atoms with van der Waals surface area (Å²) in [6.07, 6.45) is 0. The minimum atomic E-state index is -0.477. The maximum absolute atomic E-state index is 14.3. The fraction of sp³-hybridized carbons (Fsp3) is 0.333. The van der Waals surface area contributed by atoms with Crippen LogP contribution in [0.4, 0.5) is 4.39 Å². The summed E-state index contributed by atoms with van der Waals surface area (Å²) in [5.74, 6) is 0.164. The van der Waals surface area contributed by atoms with Gasteiger partial charge in [0.25, 0.3) is 0 Å². The molecule has 0 fully saturated rings. The van der Waals surface area contributed by atoms with Crippen molar-refractivity contribution in [2.75, 3.05) is 7.11 Å². The SMILES string of the molecule is COc1ccc(C(N)c2c(C)c(C)cc(C)c2C)c(F)c1. The third-order valence-corrected chi connectivity index (χ3v) is 4.28. The van der Waals surface area contributed by atoms with E-state index in [1.165, 1.54) is 24.3 Å². The van der Waals surface area contributed by atoms with Crippen LogP contribution >= 0.6 is 0 Å². The zero-order valence-corrected chi connectivity index (χ0v) is 13.3. The molecular weight excluding hydrogens is 265 g/mol. The summed E-state index contributed by atoms with van der Waals surface area (Å²) in [5, 5.41) is 0. The Kier molecular flexibility index (Phi) is 4.33. The van der Waals surface area contributed by atoms with Gasteiger partial charge in [-0.2, -0.15) is 0 Å². The zero-order chi connectivity index (χ0) is 15.7. The predicted octanol–water partition coefficient (Wildman–Crippen LogP) is 4.12. The van der Waals surface area contributed by atoms with Crippen molar-refractivity contribution in [1.29, 1.82) is 0 Å². The van der Waals surface area contributed by atoms with Crippen molar-refractivity contribution in [3.8, 4) is 5.75 Å². The van der Waals surface area contributed by atoms with Gasteiger partial charge < -0.3 is 10.5 Å². The van der Waals surface area contributed by atoms with Gasteiger partial charge in [-0.05, 0) is 61.6 Å². The molecule has 2 aromatic rings. The van der Waals surface area contributed by atoms with Gasteiger partial charge in [-0.25, -0.2) is 4.39 Å². The maximum Gasteiger partial charge on any atom is 0.132 e. The van der Waals surface area contributed by atoms with E-state index in [9.17, 15) is 4.39 Å². The molecule has 0 aliphatic carbocycles. The van der Waals surface area contributed by atoms with Gasteiger partial charge in [0.1, 0.15) is 11.6 Å². The second kappa shape index (κ2) is 5.86. The quantitative estimate of drug-likeness (QED) is 0.921. The summed E-state index contributed by atoms with van der Waals surface area (Å²) in [6, 6.07) is 6.49. The molecule has 0 aliphatic rings. The highest BCUT2D eigenvalue weighted by molar-refractivity contribution is 5.49. The summed E-state index contributed by atoms with van der Waals surface area (Å²) >= 11 is 0. The number of nitrogens with two attached hydrogens (primary N) is 1. The Morgan fingerprint density at radius 3 is 2.05 bits per heavy atom. The lowest BCUT2D eigenvalue weighted by Crippen LogP contribution is -2.17. The molecule has 0 amide bonds. The number of benzene rings is 2. The molecule has 0 saturated carbocycles. The molecule has 0 radical (unpaired) electrons. The zero-order valence-electron chi connectivity index (χ0n) is 13.3. The number of ether oxygens (including phenoxy) is 1. The van der Waals surface area contributed by atoms with E-state index in [-0.39, 0.29) is 5.82 Å². The van der Waals surface area contributed by atoms with Crippen LogP contribution in [0.5, 0.6) is 5.75 Å². The number of hydrogen-bond acceptors (Lipinski definition) is 2. The normalized spacial score (nSPS) is 12.3. The summed E-state index contributed by atoms with van der Waals surface area (Å²) in [4.78, 5) is 0. The minimum Gasteiger partial charge on any atom is -0.497 e. The molecular formula is C18H22FNO. The molecule has 0 aliphatic heterocycles. The summed E-state index contributed by atoms with van der Waals surface area (Å²) < 4.78 is 19.3. The molecule has 1 unspecified atom stereocenters. The van der Waals surface area contributed by atoms with Gasteiger partial charge in [0.15, 0.2) is 0 Å². The van der Waals surface area contributed by atoms with Crippen LogP contribution in [-0.4, -0.2) is 7.11 Å². The largest absolute Gasteiger partial charge is 0.497 e. The molecule has 0 saturated heterocycles. The van der Waals surface area contributed by atoms with E-state index in [0.717, 1.165) is 16.7 Å². The Morgan fingerprint density at radius 2 is 1.57 bits per heavy atom. The molecule has 2 rings (SSSR count). The monoisotopic (exact) mass is 287 g/mol. The molecule has 2 nitrogen and oxygen atoms in total. The fourth-order valence-electron chi connectivity index (χ4n) is 2.76. The molecule has 21 heavy (non-hydrogen) atoms. The lowest BCUT2D eigenvalue weighted by molar-refractivity contribution is 0.410. The standard InChI is InChI=1S/C18H22FNO/c1-10-8-11(2)13(4)17(12(10)3)18(20)15-7-6-14(21-5)9-16(15)19/h6-9,18H,20H2,1-5H3. The van der Waals surface area contributed by atoms with Crippen LogP contribution in [0.25, 0.3) is 0 Å². The summed E-state index contributed by atoms with van der Waals surface area (Å²) in [5.41, 5.74) is 12.5. The van der Waals surface area contributed by atoms with Crippen LogP contribution in [-0.2, 0) is 0 Å². The number of aryl methyl sites for hydroxylation is 2. The van der Waals surface area contributed by atoms with E-state index in [2.05, 4.69) is 19.9 Å². The highest BCUT2D eigenvalue weighted by Crippen LogP contribution is 2.32. The molecule has 0 heterocycles. The smallest absolute Gasteiger partial charge is 0.132 e. The topological polar surface area (TPSA) is 35.2 Å². The third kappa shape index (κ3) is 2.79. The van der Waals surface area contributed by atoms with Gasteiger partial charge in [-0.15, -0.1) is 0 Å². The predicted molar refractivity (Wildman–Crippen MR) is 84.4 cm³/mol. The Morgan fingerprint density at radius 1 is 1.00 bits per heavy atom. The Balaban J connectivity index is 2.57. The third-order valence-electron chi connectivity index (χ3n) is 4.28. The number of halogens is 1. The maximum atomic E-state index is 14.3. The number of hydrogen-bond donors (Lipinski definition) is 1.